The number of hydrogen-bond donors (Lipinski definition) is 1. The van der Waals surface area contributed by atoms with Crippen LogP contribution in [0.2, 0.25) is 0 Å². The van der Waals surface area contributed by atoms with E-state index in [1.54, 1.807) is 29.2 Å². The summed E-state index contributed by atoms with van der Waals surface area (Å²) in [5, 5.41) is 21.5. The molecule has 2 aliphatic rings. The van der Waals surface area contributed by atoms with Crippen LogP contribution in [0.25, 0.3) is 0 Å². The average molecular weight is 505 g/mol. The number of nitro groups is 1. The van der Waals surface area contributed by atoms with Crippen molar-refractivity contribution in [1.29, 1.82) is 5.26 Å². The molecule has 1 heterocycles. The highest BCUT2D eigenvalue weighted by atomic mass is 16.6. The Hall–Kier alpha value is -4.52. The molecular weight excluding hydrogens is 476 g/mol. The van der Waals surface area contributed by atoms with Crippen LogP contribution in [-0.2, 0) is 4.79 Å². The van der Waals surface area contributed by atoms with Gasteiger partial charge >= 0.3 is 0 Å². The predicted molar refractivity (Wildman–Crippen MR) is 136 cm³/mol. The highest BCUT2D eigenvalue weighted by Gasteiger charge is 2.45. The van der Waals surface area contributed by atoms with Gasteiger partial charge < -0.3 is 19.9 Å². The number of anilines is 1. The number of hydrogen-bond acceptors (Lipinski definition) is 9. The highest BCUT2D eigenvalue weighted by Crippen LogP contribution is 2.52. The summed E-state index contributed by atoms with van der Waals surface area (Å²) < 4.78 is 16.5. The van der Waals surface area contributed by atoms with Crippen LogP contribution in [0.5, 0.6) is 17.2 Å². The molecule has 0 aromatic heterocycles. The molecule has 10 heteroatoms. The molecule has 0 saturated carbocycles. The van der Waals surface area contributed by atoms with E-state index in [0.717, 1.165) is 0 Å². The fourth-order valence-electron chi connectivity index (χ4n) is 5.13. The Bertz CT molecular complexity index is 1360. The van der Waals surface area contributed by atoms with Crippen molar-refractivity contribution in [3.8, 4) is 23.3 Å². The van der Waals surface area contributed by atoms with E-state index in [2.05, 4.69) is 6.07 Å². The predicted octanol–water partition coefficient (Wildman–Crippen LogP) is 4.56. The molecule has 37 heavy (non-hydrogen) atoms. The minimum Gasteiger partial charge on any atom is -0.493 e. The molecule has 0 radical (unpaired) electrons. The maximum Gasteiger partial charge on any atom is 0.269 e. The van der Waals surface area contributed by atoms with Crippen LogP contribution in [0.15, 0.2) is 59.1 Å². The smallest absolute Gasteiger partial charge is 0.269 e. The molecule has 2 aromatic rings. The van der Waals surface area contributed by atoms with Crippen LogP contribution in [0.3, 0.4) is 0 Å². The Morgan fingerprint density at radius 2 is 1.68 bits per heavy atom. The number of methoxy groups -OCH3 is 3. The van der Waals surface area contributed by atoms with E-state index in [0.29, 0.717) is 52.6 Å². The van der Waals surface area contributed by atoms with E-state index in [4.69, 9.17) is 19.9 Å². The lowest BCUT2D eigenvalue weighted by Crippen LogP contribution is -2.42. The zero-order valence-corrected chi connectivity index (χ0v) is 21.3. The Morgan fingerprint density at radius 1 is 1.08 bits per heavy atom. The van der Waals surface area contributed by atoms with E-state index in [9.17, 15) is 20.2 Å². The molecule has 0 amide bonds. The van der Waals surface area contributed by atoms with Gasteiger partial charge in [0.05, 0.1) is 43.8 Å². The normalized spacial score (nSPS) is 18.8. The second-order valence-electron chi connectivity index (χ2n) is 9.71. The van der Waals surface area contributed by atoms with Gasteiger partial charge in [-0.1, -0.05) is 13.8 Å². The fourth-order valence-corrected chi connectivity index (χ4v) is 5.13. The molecular formula is C27H28N4O6. The van der Waals surface area contributed by atoms with Crippen LogP contribution in [-0.4, -0.2) is 32.0 Å². The maximum absolute atomic E-state index is 13.7. The van der Waals surface area contributed by atoms with Crippen molar-refractivity contribution < 1.29 is 23.9 Å². The van der Waals surface area contributed by atoms with Crippen molar-refractivity contribution in [2.24, 2.45) is 11.1 Å². The Balaban J connectivity index is 2.00. The van der Waals surface area contributed by atoms with Gasteiger partial charge in [0.1, 0.15) is 5.82 Å². The Kier molecular flexibility index (Phi) is 6.57. The van der Waals surface area contributed by atoms with Gasteiger partial charge in [-0.15, -0.1) is 0 Å². The first-order valence-electron chi connectivity index (χ1n) is 11.6. The lowest BCUT2D eigenvalue weighted by molar-refractivity contribution is -0.384. The van der Waals surface area contributed by atoms with E-state index < -0.39 is 10.8 Å². The molecule has 0 bridgehead atoms. The van der Waals surface area contributed by atoms with Crippen LogP contribution < -0.4 is 24.8 Å². The molecule has 2 aromatic carbocycles. The van der Waals surface area contributed by atoms with Crippen LogP contribution in [0.1, 0.15) is 38.2 Å². The number of ether oxygens (including phenoxy) is 3. The van der Waals surface area contributed by atoms with E-state index in [1.807, 2.05) is 13.8 Å². The van der Waals surface area contributed by atoms with Crippen molar-refractivity contribution in [2.75, 3.05) is 26.2 Å². The van der Waals surface area contributed by atoms with E-state index >= 15 is 0 Å². The molecule has 4 rings (SSSR count). The first kappa shape index (κ1) is 25.6. The number of nitro benzene ring substituents is 1. The van der Waals surface area contributed by atoms with Crippen LogP contribution in [0, 0.1) is 26.9 Å². The number of carbonyl (C=O) groups is 1. The Labute approximate surface area is 214 Å². The zero-order valence-electron chi connectivity index (χ0n) is 21.3. The minimum atomic E-state index is -0.758. The van der Waals surface area contributed by atoms with Crippen molar-refractivity contribution >= 4 is 17.2 Å². The second-order valence-corrected chi connectivity index (χ2v) is 9.71. The summed E-state index contributed by atoms with van der Waals surface area (Å²) in [6.45, 7) is 3.99. The number of benzene rings is 2. The van der Waals surface area contributed by atoms with Crippen molar-refractivity contribution in [1.82, 2.24) is 0 Å². The van der Waals surface area contributed by atoms with Gasteiger partial charge in [-0.3, -0.25) is 19.8 Å². The third-order valence-electron chi connectivity index (χ3n) is 6.72. The highest BCUT2D eigenvalue weighted by molar-refractivity contribution is 6.01. The molecule has 0 unspecified atom stereocenters. The number of allylic oxidation sites excluding steroid dienone is 3. The van der Waals surface area contributed by atoms with Crippen LogP contribution >= 0.6 is 0 Å². The molecule has 0 spiro atoms. The van der Waals surface area contributed by atoms with Crippen molar-refractivity contribution in [3.63, 3.8) is 0 Å². The summed E-state index contributed by atoms with van der Waals surface area (Å²) in [5.74, 6) is 0.452. The number of carbonyl (C=O) groups excluding carboxylic acids is 1. The topological polar surface area (TPSA) is 141 Å². The number of non-ortho nitro benzene ring substituents is 1. The largest absolute Gasteiger partial charge is 0.493 e. The average Bonchev–Trinajstić information content (AvgIpc) is 2.86. The summed E-state index contributed by atoms with van der Waals surface area (Å²) in [5.41, 5.74) is 8.62. The first-order chi connectivity index (χ1) is 17.6. The number of rotatable bonds is 6. The standard InChI is InChI=1S/C27H28N4O6/c1-27(2)12-19-24(20(32)13-27)23(15-10-21(35-3)25(37-5)22(11-15)36-4)18(14-28)26(29)30(19)16-6-8-17(9-7-16)31(33)34/h6-11,23H,12-13,29H2,1-5H3/t23-/m0/s1. The second kappa shape index (κ2) is 9.50. The van der Waals surface area contributed by atoms with E-state index in [1.165, 1.54) is 33.5 Å². The quantitative estimate of drug-likeness (QED) is 0.442. The maximum atomic E-state index is 13.7. The zero-order chi connectivity index (χ0) is 27.1. The van der Waals surface area contributed by atoms with Crippen molar-refractivity contribution in [3.05, 3.63) is 74.7 Å². The molecule has 192 valence electrons. The SMILES string of the molecule is COc1cc([C@H]2C(C#N)=C(N)N(c3ccc([N+](=O)[O-])cc3)C3=C2C(=O)CC(C)(C)C3)cc(OC)c1OC. The molecule has 1 aliphatic heterocycles. The van der Waals surface area contributed by atoms with Gasteiger partial charge in [0, 0.05) is 35.5 Å². The van der Waals surface area contributed by atoms with Gasteiger partial charge in [-0.25, -0.2) is 0 Å². The number of ketones is 1. The molecule has 10 nitrogen and oxygen atoms in total. The molecule has 0 saturated heterocycles. The van der Waals surface area contributed by atoms with E-state index in [-0.39, 0.29) is 28.3 Å². The van der Waals surface area contributed by atoms with Gasteiger partial charge in [-0.05, 0) is 41.7 Å². The third kappa shape index (κ3) is 4.33. The summed E-state index contributed by atoms with van der Waals surface area (Å²) in [4.78, 5) is 26.1. The van der Waals surface area contributed by atoms with Gasteiger partial charge in [-0.2, -0.15) is 5.26 Å². The minimum absolute atomic E-state index is 0.0756. The summed E-state index contributed by atoms with van der Waals surface area (Å²) in [7, 11) is 4.48. The molecule has 2 N–H and O–H groups in total. The molecule has 1 aliphatic carbocycles. The van der Waals surface area contributed by atoms with Crippen molar-refractivity contribution in [2.45, 2.75) is 32.6 Å². The Morgan fingerprint density at radius 3 is 2.16 bits per heavy atom. The lowest BCUT2D eigenvalue weighted by Gasteiger charge is -2.43. The summed E-state index contributed by atoms with van der Waals surface area (Å²) >= 11 is 0. The number of Topliss-reactive ketones (excluding diaryl/α,β-unsaturated/α-hetero) is 1. The fraction of sp³-hybridized carbons (Fsp3) is 0.333. The van der Waals surface area contributed by atoms with Gasteiger partial charge in [0.2, 0.25) is 5.75 Å². The van der Waals surface area contributed by atoms with Gasteiger partial charge in [0.15, 0.2) is 17.3 Å². The number of nitrogens with two attached hydrogens (primary N) is 1. The van der Waals surface area contributed by atoms with Crippen LogP contribution in [0.4, 0.5) is 11.4 Å². The third-order valence-corrected chi connectivity index (χ3v) is 6.72. The number of nitrogens with zero attached hydrogens (tertiary/aromatic N) is 3. The summed E-state index contributed by atoms with van der Waals surface area (Å²) in [6.07, 6.45) is 0.796. The summed E-state index contributed by atoms with van der Waals surface area (Å²) in [6, 6.07) is 11.5. The first-order valence-corrected chi connectivity index (χ1v) is 11.6. The monoisotopic (exact) mass is 504 g/mol. The molecule has 0 fully saturated rings. The van der Waals surface area contributed by atoms with Gasteiger partial charge in [0.25, 0.3) is 5.69 Å². The molecule has 1 atom stereocenters. The number of nitriles is 1. The lowest BCUT2D eigenvalue weighted by atomic mass is 9.68.